The fourth-order valence-corrected chi connectivity index (χ4v) is 2.74. The van der Waals surface area contributed by atoms with Crippen LogP contribution in [0.25, 0.3) is 10.9 Å². The lowest BCUT2D eigenvalue weighted by Gasteiger charge is -2.29. The summed E-state index contributed by atoms with van der Waals surface area (Å²) in [5, 5.41) is 4.67. The van der Waals surface area contributed by atoms with E-state index in [2.05, 4.69) is 49.2 Å². The number of piperazine rings is 1. The average Bonchev–Trinajstić information content (AvgIpc) is 2.44. The van der Waals surface area contributed by atoms with Gasteiger partial charge in [-0.1, -0.05) is 12.1 Å². The second-order valence-electron chi connectivity index (χ2n) is 5.44. The molecule has 1 aromatic carbocycles. The third kappa shape index (κ3) is 2.19. The van der Waals surface area contributed by atoms with E-state index in [0.717, 1.165) is 37.5 Å². The highest BCUT2D eigenvalue weighted by molar-refractivity contribution is 5.87. The van der Waals surface area contributed by atoms with E-state index in [1.807, 2.05) is 0 Å². The molecule has 2 heterocycles. The van der Waals surface area contributed by atoms with Gasteiger partial charge in [-0.15, -0.1) is 0 Å². The number of rotatable bonds is 1. The van der Waals surface area contributed by atoms with Crippen LogP contribution in [-0.4, -0.2) is 31.2 Å². The first-order valence-corrected chi connectivity index (χ1v) is 7.00. The van der Waals surface area contributed by atoms with E-state index >= 15 is 0 Å². The lowest BCUT2D eigenvalue weighted by atomic mass is 10.0. The molecule has 1 saturated heterocycles. The Morgan fingerprint density at radius 3 is 2.53 bits per heavy atom. The van der Waals surface area contributed by atoms with E-state index in [4.69, 9.17) is 4.98 Å². The van der Waals surface area contributed by atoms with Gasteiger partial charge in [0.05, 0.1) is 5.52 Å². The molecule has 0 bridgehead atoms. The maximum atomic E-state index is 4.92. The van der Waals surface area contributed by atoms with Crippen molar-refractivity contribution in [3.05, 3.63) is 34.9 Å². The molecule has 0 unspecified atom stereocenters. The summed E-state index contributed by atoms with van der Waals surface area (Å²) in [5.41, 5.74) is 5.10. The summed E-state index contributed by atoms with van der Waals surface area (Å²) in [6.07, 6.45) is 0. The number of anilines is 1. The molecule has 1 aromatic heterocycles. The number of hydrogen-bond acceptors (Lipinski definition) is 3. The van der Waals surface area contributed by atoms with Crippen molar-refractivity contribution in [3.63, 3.8) is 0 Å². The third-order valence-electron chi connectivity index (χ3n) is 4.14. The maximum absolute atomic E-state index is 4.92. The second kappa shape index (κ2) is 4.82. The molecule has 3 heteroatoms. The standard InChI is InChI=1S/C16H21N3/c1-11-4-5-14-12(2)10-15(18-16(14)13(11)3)19-8-6-17-7-9-19/h4-5,10,17H,6-9H2,1-3H3. The van der Waals surface area contributed by atoms with Gasteiger partial charge >= 0.3 is 0 Å². The van der Waals surface area contributed by atoms with Crippen molar-refractivity contribution in [2.75, 3.05) is 31.1 Å². The third-order valence-corrected chi connectivity index (χ3v) is 4.14. The Bertz CT molecular complexity index is 613. The van der Waals surface area contributed by atoms with E-state index in [1.54, 1.807) is 0 Å². The number of benzene rings is 1. The zero-order chi connectivity index (χ0) is 13.4. The Morgan fingerprint density at radius 2 is 1.79 bits per heavy atom. The molecular weight excluding hydrogens is 234 g/mol. The highest BCUT2D eigenvalue weighted by atomic mass is 15.2. The first-order valence-electron chi connectivity index (χ1n) is 7.00. The minimum absolute atomic E-state index is 1.04. The highest BCUT2D eigenvalue weighted by Gasteiger charge is 2.14. The molecule has 0 saturated carbocycles. The molecule has 1 N–H and O–H groups in total. The Hall–Kier alpha value is -1.61. The number of nitrogens with zero attached hydrogens (tertiary/aromatic N) is 2. The van der Waals surface area contributed by atoms with Crippen LogP contribution in [0.5, 0.6) is 0 Å². The lowest BCUT2D eigenvalue weighted by molar-refractivity contribution is 0.585. The normalized spacial score (nSPS) is 16.1. The van der Waals surface area contributed by atoms with Crippen molar-refractivity contribution in [3.8, 4) is 0 Å². The number of aryl methyl sites for hydroxylation is 3. The summed E-state index contributed by atoms with van der Waals surface area (Å²) >= 11 is 0. The molecule has 0 aliphatic carbocycles. The lowest BCUT2D eigenvalue weighted by Crippen LogP contribution is -2.43. The van der Waals surface area contributed by atoms with Crippen molar-refractivity contribution in [1.82, 2.24) is 10.3 Å². The van der Waals surface area contributed by atoms with Crippen LogP contribution in [0.2, 0.25) is 0 Å². The number of nitrogens with one attached hydrogen (secondary N) is 1. The molecular formula is C16H21N3. The minimum Gasteiger partial charge on any atom is -0.354 e. The first kappa shape index (κ1) is 12.4. The van der Waals surface area contributed by atoms with Crippen LogP contribution in [0.15, 0.2) is 18.2 Å². The fraction of sp³-hybridized carbons (Fsp3) is 0.438. The van der Waals surface area contributed by atoms with Gasteiger partial charge in [-0.05, 0) is 43.5 Å². The molecule has 1 aliphatic heterocycles. The van der Waals surface area contributed by atoms with Gasteiger partial charge in [-0.3, -0.25) is 0 Å². The summed E-state index contributed by atoms with van der Waals surface area (Å²) in [6.45, 7) is 10.7. The average molecular weight is 255 g/mol. The zero-order valence-electron chi connectivity index (χ0n) is 12.0. The van der Waals surface area contributed by atoms with Crippen molar-refractivity contribution in [1.29, 1.82) is 0 Å². The van der Waals surface area contributed by atoms with E-state index < -0.39 is 0 Å². The van der Waals surface area contributed by atoms with Gasteiger partial charge in [0.1, 0.15) is 5.82 Å². The van der Waals surface area contributed by atoms with E-state index in [-0.39, 0.29) is 0 Å². The van der Waals surface area contributed by atoms with Crippen LogP contribution in [0.1, 0.15) is 16.7 Å². The number of fused-ring (bicyclic) bond motifs is 1. The zero-order valence-corrected chi connectivity index (χ0v) is 12.0. The topological polar surface area (TPSA) is 28.2 Å². The predicted molar refractivity (Wildman–Crippen MR) is 81.0 cm³/mol. The van der Waals surface area contributed by atoms with Crippen molar-refractivity contribution < 1.29 is 0 Å². The van der Waals surface area contributed by atoms with Crippen LogP contribution in [0.4, 0.5) is 5.82 Å². The second-order valence-corrected chi connectivity index (χ2v) is 5.44. The van der Waals surface area contributed by atoms with Crippen molar-refractivity contribution in [2.45, 2.75) is 20.8 Å². The molecule has 1 fully saturated rings. The molecule has 1 aliphatic rings. The summed E-state index contributed by atoms with van der Waals surface area (Å²) in [6, 6.07) is 6.61. The maximum Gasteiger partial charge on any atom is 0.129 e. The molecule has 19 heavy (non-hydrogen) atoms. The SMILES string of the molecule is Cc1ccc2c(C)cc(N3CCNCC3)nc2c1C. The highest BCUT2D eigenvalue weighted by Crippen LogP contribution is 2.26. The Balaban J connectivity index is 2.14. The quantitative estimate of drug-likeness (QED) is 0.849. The molecule has 3 rings (SSSR count). The van der Waals surface area contributed by atoms with E-state index in [9.17, 15) is 0 Å². The monoisotopic (exact) mass is 255 g/mol. The molecule has 2 aromatic rings. The van der Waals surface area contributed by atoms with Gasteiger partial charge in [0.2, 0.25) is 0 Å². The molecule has 0 spiro atoms. The number of pyridine rings is 1. The van der Waals surface area contributed by atoms with Gasteiger partial charge in [0, 0.05) is 31.6 Å². The molecule has 0 radical (unpaired) electrons. The number of aromatic nitrogens is 1. The van der Waals surface area contributed by atoms with E-state index in [1.165, 1.54) is 22.1 Å². The van der Waals surface area contributed by atoms with Gasteiger partial charge < -0.3 is 10.2 Å². The number of hydrogen-bond donors (Lipinski definition) is 1. The molecule has 100 valence electrons. The van der Waals surface area contributed by atoms with Crippen LogP contribution >= 0.6 is 0 Å². The smallest absolute Gasteiger partial charge is 0.129 e. The van der Waals surface area contributed by atoms with Crippen LogP contribution in [0.3, 0.4) is 0 Å². The summed E-state index contributed by atoms with van der Waals surface area (Å²) in [5.74, 6) is 1.13. The molecule has 0 amide bonds. The Labute approximate surface area is 114 Å². The van der Waals surface area contributed by atoms with Crippen molar-refractivity contribution in [2.24, 2.45) is 0 Å². The fourth-order valence-electron chi connectivity index (χ4n) is 2.74. The van der Waals surface area contributed by atoms with Crippen molar-refractivity contribution >= 4 is 16.7 Å². The van der Waals surface area contributed by atoms with Gasteiger partial charge in [-0.2, -0.15) is 0 Å². The summed E-state index contributed by atoms with van der Waals surface area (Å²) < 4.78 is 0. The van der Waals surface area contributed by atoms with Gasteiger partial charge in [0.25, 0.3) is 0 Å². The Kier molecular flexibility index (Phi) is 3.15. The summed E-state index contributed by atoms with van der Waals surface area (Å²) in [7, 11) is 0. The minimum atomic E-state index is 1.04. The van der Waals surface area contributed by atoms with Crippen LogP contribution in [0, 0.1) is 20.8 Å². The van der Waals surface area contributed by atoms with Crippen LogP contribution < -0.4 is 10.2 Å². The van der Waals surface area contributed by atoms with Gasteiger partial charge in [0.15, 0.2) is 0 Å². The van der Waals surface area contributed by atoms with Crippen LogP contribution in [-0.2, 0) is 0 Å². The van der Waals surface area contributed by atoms with Gasteiger partial charge in [-0.25, -0.2) is 4.98 Å². The molecule has 3 nitrogen and oxygen atoms in total. The van der Waals surface area contributed by atoms with E-state index in [0.29, 0.717) is 0 Å². The first-order chi connectivity index (χ1) is 9.16. The summed E-state index contributed by atoms with van der Waals surface area (Å²) in [4.78, 5) is 7.30. The Morgan fingerprint density at radius 1 is 1.05 bits per heavy atom. The predicted octanol–water partition coefficient (Wildman–Crippen LogP) is 2.57. The molecule has 0 atom stereocenters. The largest absolute Gasteiger partial charge is 0.354 e.